The van der Waals surface area contributed by atoms with E-state index in [0.29, 0.717) is 0 Å². The Hall–Kier alpha value is -1.88. The van der Waals surface area contributed by atoms with Crippen molar-refractivity contribution in [2.75, 3.05) is 20.1 Å². The fourth-order valence-electron chi connectivity index (χ4n) is 2.24. The highest BCUT2D eigenvalue weighted by molar-refractivity contribution is 6.01. The van der Waals surface area contributed by atoms with Crippen LogP contribution in [0.3, 0.4) is 0 Å². The van der Waals surface area contributed by atoms with Gasteiger partial charge in [0.25, 0.3) is 0 Å². The monoisotopic (exact) mass is 262 g/mol. The van der Waals surface area contributed by atoms with Gasteiger partial charge in [-0.2, -0.15) is 0 Å². The first-order valence-corrected chi connectivity index (χ1v) is 6.21. The van der Waals surface area contributed by atoms with Gasteiger partial charge in [0, 0.05) is 7.05 Å². The number of amides is 3. The third kappa shape index (κ3) is 2.61. The summed E-state index contributed by atoms with van der Waals surface area (Å²) in [6.07, 6.45) is -0.848. The molecule has 102 valence electrons. The number of nitrogens with zero attached hydrogens (tertiary/aromatic N) is 2. The first-order chi connectivity index (χ1) is 8.90. The molecule has 1 aromatic rings. The summed E-state index contributed by atoms with van der Waals surface area (Å²) in [7, 11) is 1.57. The molecule has 1 aliphatic rings. The molecule has 1 aromatic carbocycles. The second-order valence-electron chi connectivity index (χ2n) is 5.02. The molecule has 0 aromatic heterocycles. The van der Waals surface area contributed by atoms with Gasteiger partial charge in [-0.1, -0.05) is 23.8 Å². The Morgan fingerprint density at radius 2 is 2.00 bits per heavy atom. The molecule has 0 aliphatic carbocycles. The summed E-state index contributed by atoms with van der Waals surface area (Å²) >= 11 is 0. The molecule has 0 radical (unpaired) electrons. The predicted octanol–water partition coefficient (Wildman–Crippen LogP) is 1.23. The highest BCUT2D eigenvalue weighted by Crippen LogP contribution is 2.22. The number of carbonyl (C=O) groups is 2. The second kappa shape index (κ2) is 5.01. The van der Waals surface area contributed by atoms with Crippen LogP contribution in [0.2, 0.25) is 0 Å². The minimum absolute atomic E-state index is 0.00625. The van der Waals surface area contributed by atoms with Crippen LogP contribution in [-0.2, 0) is 4.79 Å². The first kappa shape index (κ1) is 13.5. The number of benzene rings is 1. The largest absolute Gasteiger partial charge is 0.387 e. The van der Waals surface area contributed by atoms with Gasteiger partial charge in [0.05, 0.1) is 12.6 Å². The smallest absolute Gasteiger partial charge is 0.327 e. The molecule has 5 nitrogen and oxygen atoms in total. The average Bonchev–Trinajstić information content (AvgIpc) is 2.59. The van der Waals surface area contributed by atoms with E-state index in [4.69, 9.17) is 0 Å². The Bertz CT molecular complexity index is 527. The van der Waals surface area contributed by atoms with Crippen LogP contribution in [0.25, 0.3) is 0 Å². The molecule has 1 N–H and O–H groups in total. The molecule has 0 saturated carbocycles. The van der Waals surface area contributed by atoms with Crippen LogP contribution in [0.1, 0.15) is 22.8 Å². The number of rotatable bonds is 3. The van der Waals surface area contributed by atoms with Gasteiger partial charge >= 0.3 is 6.03 Å². The zero-order valence-corrected chi connectivity index (χ0v) is 11.4. The highest BCUT2D eigenvalue weighted by Gasteiger charge is 2.35. The summed E-state index contributed by atoms with van der Waals surface area (Å²) in [6.45, 7) is 3.93. The maximum atomic E-state index is 11.8. The number of hydrogen-bond donors (Lipinski definition) is 1. The zero-order chi connectivity index (χ0) is 14.2. The number of β-amino-alcohol motifs (C(OH)–C–C–N with tert-alkyl or cyclic N) is 1. The van der Waals surface area contributed by atoms with Crippen molar-refractivity contribution in [2.45, 2.75) is 20.0 Å². The van der Waals surface area contributed by atoms with Crippen molar-refractivity contribution in [3.8, 4) is 0 Å². The minimum atomic E-state index is -0.848. The molecule has 1 unspecified atom stereocenters. The molecule has 1 aliphatic heterocycles. The number of aliphatic hydroxyl groups is 1. The van der Waals surface area contributed by atoms with Crippen LogP contribution < -0.4 is 0 Å². The summed E-state index contributed by atoms with van der Waals surface area (Å²) < 4.78 is 0. The van der Waals surface area contributed by atoms with Crippen LogP contribution >= 0.6 is 0 Å². The molecule has 0 spiro atoms. The van der Waals surface area contributed by atoms with E-state index in [1.54, 1.807) is 7.05 Å². The lowest BCUT2D eigenvalue weighted by Gasteiger charge is -2.20. The predicted molar refractivity (Wildman–Crippen MR) is 70.6 cm³/mol. The Balaban J connectivity index is 2.17. The van der Waals surface area contributed by atoms with Crippen molar-refractivity contribution in [1.82, 2.24) is 9.80 Å². The molecular formula is C14H18N2O3. The highest BCUT2D eigenvalue weighted by atomic mass is 16.3. The van der Waals surface area contributed by atoms with Gasteiger partial charge in [0.1, 0.15) is 6.54 Å². The lowest BCUT2D eigenvalue weighted by Crippen LogP contribution is -2.35. The summed E-state index contributed by atoms with van der Waals surface area (Å²) in [5.41, 5.74) is 2.75. The van der Waals surface area contributed by atoms with Crippen molar-refractivity contribution in [2.24, 2.45) is 0 Å². The van der Waals surface area contributed by atoms with Crippen molar-refractivity contribution in [3.63, 3.8) is 0 Å². The fourth-order valence-corrected chi connectivity index (χ4v) is 2.24. The standard InChI is InChI=1S/C14H18N2O3/c1-9-4-5-10(2)11(6-9)12(17)7-16-13(18)8-15(3)14(16)19/h4-6,12,17H,7-8H2,1-3H3. The lowest BCUT2D eigenvalue weighted by molar-refractivity contribution is -0.126. The average molecular weight is 262 g/mol. The number of aliphatic hydroxyl groups excluding tert-OH is 1. The number of imide groups is 1. The Kier molecular flexibility index (Phi) is 3.57. The van der Waals surface area contributed by atoms with Gasteiger partial charge in [-0.05, 0) is 25.0 Å². The molecule has 5 heteroatoms. The van der Waals surface area contributed by atoms with E-state index in [-0.39, 0.29) is 25.0 Å². The molecule has 1 atom stereocenters. The molecular weight excluding hydrogens is 244 g/mol. The van der Waals surface area contributed by atoms with E-state index >= 15 is 0 Å². The zero-order valence-electron chi connectivity index (χ0n) is 11.4. The van der Waals surface area contributed by atoms with E-state index < -0.39 is 6.10 Å². The Labute approximate surface area is 112 Å². The van der Waals surface area contributed by atoms with E-state index in [0.717, 1.165) is 21.6 Å². The molecule has 1 saturated heterocycles. The third-order valence-electron chi connectivity index (χ3n) is 3.38. The SMILES string of the molecule is Cc1ccc(C)c(C(O)CN2C(=O)CN(C)C2=O)c1. The number of carbonyl (C=O) groups excluding carboxylic acids is 2. The first-order valence-electron chi connectivity index (χ1n) is 6.21. The fraction of sp³-hybridized carbons (Fsp3) is 0.429. The second-order valence-corrected chi connectivity index (χ2v) is 5.02. The normalized spacial score (nSPS) is 17.3. The van der Waals surface area contributed by atoms with Crippen molar-refractivity contribution >= 4 is 11.9 Å². The van der Waals surface area contributed by atoms with Gasteiger partial charge in [0.2, 0.25) is 5.91 Å². The number of likely N-dealkylation sites (N-methyl/N-ethyl adjacent to an activating group) is 1. The van der Waals surface area contributed by atoms with Crippen LogP contribution in [0.4, 0.5) is 4.79 Å². The third-order valence-corrected chi connectivity index (χ3v) is 3.38. The van der Waals surface area contributed by atoms with E-state index in [1.165, 1.54) is 4.90 Å². The Morgan fingerprint density at radius 1 is 1.32 bits per heavy atom. The van der Waals surface area contributed by atoms with Gasteiger partial charge < -0.3 is 10.0 Å². The molecule has 2 rings (SSSR count). The minimum Gasteiger partial charge on any atom is -0.387 e. The van der Waals surface area contributed by atoms with E-state index in [1.807, 2.05) is 32.0 Å². The van der Waals surface area contributed by atoms with Crippen molar-refractivity contribution < 1.29 is 14.7 Å². The van der Waals surface area contributed by atoms with Crippen LogP contribution in [0.5, 0.6) is 0 Å². The number of hydrogen-bond acceptors (Lipinski definition) is 3. The van der Waals surface area contributed by atoms with Crippen molar-refractivity contribution in [3.05, 3.63) is 34.9 Å². The lowest BCUT2D eigenvalue weighted by atomic mass is 10.0. The molecule has 1 fully saturated rings. The van der Waals surface area contributed by atoms with E-state index in [2.05, 4.69) is 0 Å². The van der Waals surface area contributed by atoms with Crippen LogP contribution in [0, 0.1) is 13.8 Å². The number of aryl methyl sites for hydroxylation is 2. The Morgan fingerprint density at radius 3 is 2.58 bits per heavy atom. The topological polar surface area (TPSA) is 60.9 Å². The van der Waals surface area contributed by atoms with Crippen molar-refractivity contribution in [1.29, 1.82) is 0 Å². The number of urea groups is 1. The van der Waals surface area contributed by atoms with Gasteiger partial charge in [-0.15, -0.1) is 0 Å². The van der Waals surface area contributed by atoms with E-state index in [9.17, 15) is 14.7 Å². The van der Waals surface area contributed by atoms with Gasteiger partial charge in [0.15, 0.2) is 0 Å². The van der Waals surface area contributed by atoms with Crippen LogP contribution in [0.15, 0.2) is 18.2 Å². The summed E-state index contributed by atoms with van der Waals surface area (Å²) in [4.78, 5) is 25.9. The van der Waals surface area contributed by atoms with Gasteiger partial charge in [-0.25, -0.2) is 4.79 Å². The summed E-state index contributed by atoms with van der Waals surface area (Å²) in [5.74, 6) is -0.267. The maximum absolute atomic E-state index is 11.8. The molecule has 1 heterocycles. The molecule has 3 amide bonds. The maximum Gasteiger partial charge on any atom is 0.327 e. The summed E-state index contributed by atoms with van der Waals surface area (Å²) in [5, 5.41) is 10.2. The molecule has 0 bridgehead atoms. The van der Waals surface area contributed by atoms with Gasteiger partial charge in [-0.3, -0.25) is 9.69 Å². The quantitative estimate of drug-likeness (QED) is 0.833. The summed E-state index contributed by atoms with van der Waals surface area (Å²) in [6, 6.07) is 5.42. The van der Waals surface area contributed by atoms with Crippen LogP contribution in [-0.4, -0.2) is 47.0 Å². The molecule has 19 heavy (non-hydrogen) atoms.